The maximum absolute atomic E-state index is 12.5. The van der Waals surface area contributed by atoms with Crippen molar-refractivity contribution in [2.75, 3.05) is 14.2 Å². The Morgan fingerprint density at radius 1 is 0.857 bits per heavy atom. The Morgan fingerprint density at radius 2 is 1.46 bits per heavy atom. The van der Waals surface area contributed by atoms with Crippen LogP contribution in [0.3, 0.4) is 0 Å². The molecule has 0 aliphatic heterocycles. The van der Waals surface area contributed by atoms with Crippen molar-refractivity contribution in [2.45, 2.75) is 6.55 Å². The molecule has 0 spiro atoms. The predicted molar refractivity (Wildman–Crippen MR) is 113 cm³/mol. The van der Waals surface area contributed by atoms with Crippen molar-refractivity contribution < 1.29 is 19.1 Å². The van der Waals surface area contributed by atoms with E-state index >= 15 is 0 Å². The Hall–Kier alpha value is -3.18. The summed E-state index contributed by atoms with van der Waals surface area (Å²) in [5.74, 6) is 0.372. The SMILES string of the molecule is COC(=O)c1ccccc1[Si@@](C)(c1ccc(OC)cc1)c1ccccc1C=O. The first-order chi connectivity index (χ1) is 13.6. The number of carbonyl (C=O) groups excluding carboxylic acids is 2. The van der Waals surface area contributed by atoms with Crippen molar-refractivity contribution in [3.8, 4) is 5.75 Å². The fraction of sp³-hybridized carbons (Fsp3) is 0.130. The summed E-state index contributed by atoms with van der Waals surface area (Å²) in [7, 11) is 0.314. The summed E-state index contributed by atoms with van der Waals surface area (Å²) in [5.41, 5.74) is 1.16. The van der Waals surface area contributed by atoms with E-state index in [4.69, 9.17) is 9.47 Å². The Morgan fingerprint density at radius 3 is 2.07 bits per heavy atom. The molecule has 5 heteroatoms. The lowest BCUT2D eigenvalue weighted by Crippen LogP contribution is -2.66. The lowest BCUT2D eigenvalue weighted by molar-refractivity contribution is 0.0602. The lowest BCUT2D eigenvalue weighted by Gasteiger charge is -2.32. The zero-order chi connectivity index (χ0) is 20.1. The van der Waals surface area contributed by atoms with Crippen LogP contribution < -0.4 is 20.3 Å². The van der Waals surface area contributed by atoms with E-state index in [0.717, 1.165) is 27.6 Å². The Balaban J connectivity index is 2.36. The van der Waals surface area contributed by atoms with E-state index in [1.165, 1.54) is 7.11 Å². The van der Waals surface area contributed by atoms with Crippen LogP contribution in [0, 0.1) is 0 Å². The number of aldehydes is 1. The van der Waals surface area contributed by atoms with E-state index in [1.54, 1.807) is 13.2 Å². The molecule has 0 bridgehead atoms. The maximum Gasteiger partial charge on any atom is 0.337 e. The van der Waals surface area contributed by atoms with Crippen LogP contribution in [-0.2, 0) is 4.74 Å². The first-order valence-corrected chi connectivity index (χ1v) is 11.4. The van der Waals surface area contributed by atoms with E-state index < -0.39 is 8.07 Å². The number of rotatable bonds is 6. The summed E-state index contributed by atoms with van der Waals surface area (Å²) in [6.07, 6.45) is 0.880. The van der Waals surface area contributed by atoms with Crippen LogP contribution in [-0.4, -0.2) is 34.5 Å². The summed E-state index contributed by atoms with van der Waals surface area (Å²) in [6, 6.07) is 22.9. The molecule has 142 valence electrons. The van der Waals surface area contributed by atoms with E-state index in [1.807, 2.05) is 66.7 Å². The van der Waals surface area contributed by atoms with E-state index in [0.29, 0.717) is 11.1 Å². The molecule has 0 amide bonds. The zero-order valence-electron chi connectivity index (χ0n) is 16.1. The van der Waals surface area contributed by atoms with Crippen LogP contribution in [0.5, 0.6) is 5.75 Å². The van der Waals surface area contributed by atoms with Gasteiger partial charge in [-0.1, -0.05) is 61.1 Å². The van der Waals surface area contributed by atoms with Gasteiger partial charge in [0.05, 0.1) is 19.8 Å². The highest BCUT2D eigenvalue weighted by atomic mass is 28.3. The van der Waals surface area contributed by atoms with Gasteiger partial charge < -0.3 is 9.47 Å². The van der Waals surface area contributed by atoms with Crippen molar-refractivity contribution in [3.05, 3.63) is 83.9 Å². The summed E-state index contributed by atoms with van der Waals surface area (Å²) >= 11 is 0. The van der Waals surface area contributed by atoms with Crippen LogP contribution in [0.25, 0.3) is 0 Å². The maximum atomic E-state index is 12.5. The quantitative estimate of drug-likeness (QED) is 0.281. The minimum atomic E-state index is -2.69. The van der Waals surface area contributed by atoms with Crippen molar-refractivity contribution in [2.24, 2.45) is 0 Å². The smallest absolute Gasteiger partial charge is 0.337 e. The largest absolute Gasteiger partial charge is 0.497 e. The molecule has 0 saturated carbocycles. The minimum absolute atomic E-state index is 0.383. The number of carbonyl (C=O) groups is 2. The minimum Gasteiger partial charge on any atom is -0.497 e. The second kappa shape index (κ2) is 8.23. The summed E-state index contributed by atoms with van der Waals surface area (Å²) in [5, 5.41) is 2.92. The third-order valence-electron chi connectivity index (χ3n) is 5.16. The molecule has 28 heavy (non-hydrogen) atoms. The van der Waals surface area contributed by atoms with E-state index in [2.05, 4.69) is 6.55 Å². The second-order valence-electron chi connectivity index (χ2n) is 6.60. The molecule has 0 aliphatic rings. The van der Waals surface area contributed by atoms with Gasteiger partial charge in [-0.3, -0.25) is 4.79 Å². The van der Waals surface area contributed by atoms with Crippen molar-refractivity contribution in [1.29, 1.82) is 0 Å². The zero-order valence-corrected chi connectivity index (χ0v) is 17.1. The average Bonchev–Trinajstić information content (AvgIpc) is 2.78. The average molecular weight is 391 g/mol. The van der Waals surface area contributed by atoms with Gasteiger partial charge >= 0.3 is 5.97 Å². The molecule has 0 fully saturated rings. The van der Waals surface area contributed by atoms with E-state index in [-0.39, 0.29) is 5.97 Å². The van der Waals surface area contributed by atoms with Crippen molar-refractivity contribution in [3.63, 3.8) is 0 Å². The molecule has 0 saturated heterocycles. The molecule has 4 nitrogen and oxygen atoms in total. The second-order valence-corrected chi connectivity index (χ2v) is 10.5. The lowest BCUT2D eigenvalue weighted by atomic mass is 10.2. The predicted octanol–water partition coefficient (Wildman–Crippen LogP) is 2.39. The van der Waals surface area contributed by atoms with Gasteiger partial charge in [-0.05, 0) is 33.8 Å². The molecule has 0 unspecified atom stereocenters. The van der Waals surface area contributed by atoms with Gasteiger partial charge in [0.1, 0.15) is 20.1 Å². The third-order valence-corrected chi connectivity index (χ3v) is 9.70. The third kappa shape index (κ3) is 3.36. The summed E-state index contributed by atoms with van der Waals surface area (Å²) < 4.78 is 10.3. The van der Waals surface area contributed by atoms with Gasteiger partial charge in [0.2, 0.25) is 0 Å². The fourth-order valence-corrected chi connectivity index (χ4v) is 7.69. The first-order valence-electron chi connectivity index (χ1n) is 8.93. The van der Waals surface area contributed by atoms with Gasteiger partial charge in [-0.15, -0.1) is 0 Å². The number of methoxy groups -OCH3 is 2. The molecule has 0 heterocycles. The Kier molecular flexibility index (Phi) is 5.75. The summed E-state index contributed by atoms with van der Waals surface area (Å²) in [4.78, 5) is 24.3. The van der Waals surface area contributed by atoms with E-state index in [9.17, 15) is 9.59 Å². The standard InChI is InChI=1S/C23H22O4Si/c1-26-18-12-14-19(15-13-18)28(3,21-10-6-4-8-17(21)16-24)22-11-7-5-9-20(22)23(25)27-2/h4-16H,1-3H3/t28-/m0/s1. The normalized spacial score (nSPS) is 12.7. The van der Waals surface area contributed by atoms with Gasteiger partial charge in [-0.2, -0.15) is 0 Å². The molecule has 3 aromatic rings. The highest BCUT2D eigenvalue weighted by molar-refractivity contribution is 7.11. The van der Waals surface area contributed by atoms with Crippen LogP contribution in [0.15, 0.2) is 72.8 Å². The highest BCUT2D eigenvalue weighted by Gasteiger charge is 2.38. The molecule has 3 rings (SSSR count). The Labute approximate surface area is 165 Å². The monoisotopic (exact) mass is 390 g/mol. The first kappa shape index (κ1) is 19.6. The van der Waals surface area contributed by atoms with Gasteiger partial charge in [0, 0.05) is 5.56 Å². The summed E-state index contributed by atoms with van der Waals surface area (Å²) in [6.45, 7) is 2.15. The molecule has 0 radical (unpaired) electrons. The fourth-order valence-electron chi connectivity index (χ4n) is 3.64. The van der Waals surface area contributed by atoms with Crippen LogP contribution in [0.1, 0.15) is 20.7 Å². The number of hydrogen-bond donors (Lipinski definition) is 0. The van der Waals surface area contributed by atoms with Crippen molar-refractivity contribution in [1.82, 2.24) is 0 Å². The van der Waals surface area contributed by atoms with Crippen LogP contribution >= 0.6 is 0 Å². The molecule has 0 aliphatic carbocycles. The Bertz CT molecular complexity index is 997. The molecular weight excluding hydrogens is 368 g/mol. The van der Waals surface area contributed by atoms with Gasteiger partial charge in [0.15, 0.2) is 0 Å². The molecule has 0 aromatic heterocycles. The number of esters is 1. The van der Waals surface area contributed by atoms with Crippen LogP contribution in [0.4, 0.5) is 0 Å². The van der Waals surface area contributed by atoms with Gasteiger partial charge in [-0.25, -0.2) is 4.79 Å². The van der Waals surface area contributed by atoms with Crippen molar-refractivity contribution >= 4 is 35.9 Å². The number of ether oxygens (including phenoxy) is 2. The molecular formula is C23H22O4Si. The van der Waals surface area contributed by atoms with Gasteiger partial charge in [0.25, 0.3) is 0 Å². The van der Waals surface area contributed by atoms with Crippen LogP contribution in [0.2, 0.25) is 6.55 Å². The number of hydrogen-bond acceptors (Lipinski definition) is 4. The highest BCUT2D eigenvalue weighted by Crippen LogP contribution is 2.15. The molecule has 0 N–H and O–H groups in total. The molecule has 1 atom stereocenters. The molecule has 3 aromatic carbocycles. The topological polar surface area (TPSA) is 52.6 Å². The number of benzene rings is 3.